The number of hydrogen-bond acceptors (Lipinski definition) is 3. The van der Waals surface area contributed by atoms with Crippen molar-refractivity contribution in [3.63, 3.8) is 0 Å². The molecule has 2 amide bonds. The number of carbonyl (C=O) groups is 1. The number of amides is 2. The Balaban J connectivity index is 1.63. The number of nitrogens with zero attached hydrogens (tertiary/aromatic N) is 1. The number of rotatable bonds is 7. The van der Waals surface area contributed by atoms with Crippen molar-refractivity contribution in [2.24, 2.45) is 0 Å². The van der Waals surface area contributed by atoms with Gasteiger partial charge in [0.15, 0.2) is 0 Å². The van der Waals surface area contributed by atoms with Crippen LogP contribution in [0, 0.1) is 0 Å². The Kier molecular flexibility index (Phi) is 6.68. The predicted molar refractivity (Wildman–Crippen MR) is 87.7 cm³/mol. The Morgan fingerprint density at radius 1 is 1.36 bits per heavy atom. The summed E-state index contributed by atoms with van der Waals surface area (Å²) in [6, 6.07) is 10.5. The maximum atomic E-state index is 11.8. The zero-order valence-electron chi connectivity index (χ0n) is 13.5. The van der Waals surface area contributed by atoms with Gasteiger partial charge in [0.25, 0.3) is 0 Å². The highest BCUT2D eigenvalue weighted by molar-refractivity contribution is 5.73. The second-order valence-electron chi connectivity index (χ2n) is 5.98. The number of urea groups is 1. The van der Waals surface area contributed by atoms with Gasteiger partial charge in [0.05, 0.1) is 6.10 Å². The molecule has 1 aromatic carbocycles. The van der Waals surface area contributed by atoms with Gasteiger partial charge < -0.3 is 15.4 Å². The third-order valence-corrected chi connectivity index (χ3v) is 4.10. The molecule has 2 rings (SSSR count). The summed E-state index contributed by atoms with van der Waals surface area (Å²) in [5.41, 5.74) is 1.28. The lowest BCUT2D eigenvalue weighted by Crippen LogP contribution is -2.45. The number of benzene rings is 1. The molecular weight excluding hydrogens is 278 g/mol. The van der Waals surface area contributed by atoms with Crippen LogP contribution in [0.2, 0.25) is 0 Å². The van der Waals surface area contributed by atoms with Gasteiger partial charge in [-0.3, -0.25) is 4.90 Å². The lowest BCUT2D eigenvalue weighted by atomic mass is 10.2. The summed E-state index contributed by atoms with van der Waals surface area (Å²) in [5.74, 6) is 0. The summed E-state index contributed by atoms with van der Waals surface area (Å²) in [6.07, 6.45) is 2.31. The molecule has 0 unspecified atom stereocenters. The third-order valence-electron chi connectivity index (χ3n) is 4.10. The van der Waals surface area contributed by atoms with Crippen molar-refractivity contribution in [2.45, 2.75) is 38.5 Å². The first kappa shape index (κ1) is 16.8. The third kappa shape index (κ3) is 5.66. The van der Waals surface area contributed by atoms with Crippen molar-refractivity contribution in [1.82, 2.24) is 15.5 Å². The van der Waals surface area contributed by atoms with Gasteiger partial charge >= 0.3 is 6.03 Å². The minimum Gasteiger partial charge on any atom is -0.376 e. The Bertz CT molecular complexity index is 446. The van der Waals surface area contributed by atoms with E-state index in [0.717, 1.165) is 26.0 Å². The molecule has 0 spiro atoms. The van der Waals surface area contributed by atoms with E-state index in [-0.39, 0.29) is 18.2 Å². The average molecular weight is 305 g/mol. The zero-order chi connectivity index (χ0) is 15.8. The van der Waals surface area contributed by atoms with E-state index in [0.29, 0.717) is 13.1 Å². The van der Waals surface area contributed by atoms with Crippen LogP contribution < -0.4 is 10.6 Å². The van der Waals surface area contributed by atoms with Gasteiger partial charge in [-0.25, -0.2) is 4.79 Å². The summed E-state index contributed by atoms with van der Waals surface area (Å²) in [6.45, 7) is 5.03. The molecule has 1 aromatic rings. The van der Waals surface area contributed by atoms with Crippen LogP contribution in [0.5, 0.6) is 0 Å². The molecule has 0 bridgehead atoms. The highest BCUT2D eigenvalue weighted by Gasteiger charge is 2.16. The van der Waals surface area contributed by atoms with Gasteiger partial charge in [-0.1, -0.05) is 30.3 Å². The van der Waals surface area contributed by atoms with Crippen LogP contribution >= 0.6 is 0 Å². The van der Waals surface area contributed by atoms with Crippen molar-refractivity contribution in [1.29, 1.82) is 0 Å². The van der Waals surface area contributed by atoms with E-state index in [9.17, 15) is 4.79 Å². The van der Waals surface area contributed by atoms with Crippen molar-refractivity contribution in [3.8, 4) is 0 Å². The fourth-order valence-electron chi connectivity index (χ4n) is 2.50. The molecule has 0 radical (unpaired) electrons. The standard InChI is InChI=1S/C17H27N3O2/c1-14(20(2)13-15-7-4-3-5-8-15)11-18-17(21)19-12-16-9-6-10-22-16/h3-5,7-8,14,16H,6,9-13H2,1-2H3,(H2,18,19,21)/t14-,16-/m0/s1. The minimum absolute atomic E-state index is 0.115. The first-order valence-corrected chi connectivity index (χ1v) is 8.02. The first-order valence-electron chi connectivity index (χ1n) is 8.02. The second-order valence-corrected chi connectivity index (χ2v) is 5.98. The highest BCUT2D eigenvalue weighted by Crippen LogP contribution is 2.10. The maximum Gasteiger partial charge on any atom is 0.314 e. The Morgan fingerprint density at radius 3 is 2.82 bits per heavy atom. The monoisotopic (exact) mass is 305 g/mol. The molecule has 2 N–H and O–H groups in total. The van der Waals surface area contributed by atoms with E-state index >= 15 is 0 Å². The summed E-state index contributed by atoms with van der Waals surface area (Å²) < 4.78 is 5.48. The molecule has 0 aromatic heterocycles. The van der Waals surface area contributed by atoms with Crippen LogP contribution in [0.4, 0.5) is 4.79 Å². The number of carbonyl (C=O) groups excluding carboxylic acids is 1. The average Bonchev–Trinajstić information content (AvgIpc) is 3.05. The SMILES string of the molecule is C[C@@H](CNC(=O)NC[C@@H]1CCCO1)N(C)Cc1ccccc1. The molecule has 0 aliphatic carbocycles. The van der Waals surface area contributed by atoms with E-state index < -0.39 is 0 Å². The second kappa shape index (κ2) is 8.76. The van der Waals surface area contributed by atoms with E-state index in [4.69, 9.17) is 4.74 Å². The largest absolute Gasteiger partial charge is 0.376 e. The van der Waals surface area contributed by atoms with E-state index in [1.54, 1.807) is 0 Å². The van der Waals surface area contributed by atoms with Crippen LogP contribution in [0.15, 0.2) is 30.3 Å². The predicted octanol–water partition coefficient (Wildman–Crippen LogP) is 1.99. The number of hydrogen-bond donors (Lipinski definition) is 2. The van der Waals surface area contributed by atoms with Crippen molar-refractivity contribution < 1.29 is 9.53 Å². The van der Waals surface area contributed by atoms with E-state index in [1.165, 1.54) is 5.56 Å². The molecule has 5 heteroatoms. The minimum atomic E-state index is -0.115. The van der Waals surface area contributed by atoms with Gasteiger partial charge in [-0.2, -0.15) is 0 Å². The van der Waals surface area contributed by atoms with Crippen molar-refractivity contribution in [3.05, 3.63) is 35.9 Å². The number of ether oxygens (including phenoxy) is 1. The fourth-order valence-corrected chi connectivity index (χ4v) is 2.50. The number of nitrogens with one attached hydrogen (secondary N) is 2. The fraction of sp³-hybridized carbons (Fsp3) is 0.588. The molecule has 2 atom stereocenters. The summed E-state index contributed by atoms with van der Waals surface area (Å²) in [5, 5.41) is 5.80. The maximum absolute atomic E-state index is 11.8. The molecule has 1 fully saturated rings. The van der Waals surface area contributed by atoms with Crippen LogP contribution in [0.25, 0.3) is 0 Å². The van der Waals surface area contributed by atoms with Gasteiger partial charge in [-0.15, -0.1) is 0 Å². The first-order chi connectivity index (χ1) is 10.6. The molecule has 0 saturated carbocycles. The summed E-state index contributed by atoms with van der Waals surface area (Å²) in [4.78, 5) is 14.0. The number of likely N-dealkylation sites (N-methyl/N-ethyl adjacent to an activating group) is 1. The summed E-state index contributed by atoms with van der Waals surface area (Å²) >= 11 is 0. The molecule has 5 nitrogen and oxygen atoms in total. The van der Waals surface area contributed by atoms with Gasteiger partial charge in [0.1, 0.15) is 0 Å². The lowest BCUT2D eigenvalue weighted by molar-refractivity contribution is 0.111. The van der Waals surface area contributed by atoms with Crippen LogP contribution in [-0.4, -0.2) is 49.8 Å². The quantitative estimate of drug-likeness (QED) is 0.810. The normalized spacial score (nSPS) is 19.1. The van der Waals surface area contributed by atoms with E-state index in [1.807, 2.05) is 18.2 Å². The summed E-state index contributed by atoms with van der Waals surface area (Å²) in [7, 11) is 2.07. The van der Waals surface area contributed by atoms with Crippen LogP contribution in [-0.2, 0) is 11.3 Å². The van der Waals surface area contributed by atoms with Crippen molar-refractivity contribution in [2.75, 3.05) is 26.7 Å². The highest BCUT2D eigenvalue weighted by atomic mass is 16.5. The van der Waals surface area contributed by atoms with Crippen LogP contribution in [0.1, 0.15) is 25.3 Å². The lowest BCUT2D eigenvalue weighted by Gasteiger charge is -2.25. The Morgan fingerprint density at radius 2 is 2.14 bits per heavy atom. The van der Waals surface area contributed by atoms with Crippen molar-refractivity contribution >= 4 is 6.03 Å². The molecule has 1 heterocycles. The van der Waals surface area contributed by atoms with Gasteiger partial charge in [0, 0.05) is 32.3 Å². The van der Waals surface area contributed by atoms with Gasteiger partial charge in [0.2, 0.25) is 0 Å². The molecule has 1 saturated heterocycles. The Hall–Kier alpha value is -1.59. The van der Waals surface area contributed by atoms with E-state index in [2.05, 4.69) is 41.6 Å². The smallest absolute Gasteiger partial charge is 0.314 e. The molecule has 22 heavy (non-hydrogen) atoms. The topological polar surface area (TPSA) is 53.6 Å². The molecular formula is C17H27N3O2. The molecule has 122 valence electrons. The van der Waals surface area contributed by atoms with Crippen LogP contribution in [0.3, 0.4) is 0 Å². The van der Waals surface area contributed by atoms with Gasteiger partial charge in [-0.05, 0) is 32.4 Å². The molecule has 1 aliphatic rings. The Labute approximate surface area is 133 Å². The molecule has 1 aliphatic heterocycles. The zero-order valence-corrected chi connectivity index (χ0v) is 13.5.